The van der Waals surface area contributed by atoms with Crippen LogP contribution in [0.2, 0.25) is 0 Å². The summed E-state index contributed by atoms with van der Waals surface area (Å²) >= 11 is 0. The highest BCUT2D eigenvalue weighted by Gasteiger charge is 2.75. The Balaban J connectivity index is 0.731. The van der Waals surface area contributed by atoms with E-state index in [1.807, 2.05) is 48.5 Å². The van der Waals surface area contributed by atoms with Crippen molar-refractivity contribution >= 4 is 34.3 Å². The minimum Gasteiger partial charge on any atom is -0.477 e. The average molecular weight is 905 g/mol. The fraction of sp³-hybridized carbons (Fsp3) is 0.527. The van der Waals surface area contributed by atoms with Crippen LogP contribution in [0.4, 0.5) is 0 Å². The Labute approximate surface area is 388 Å². The highest BCUT2D eigenvalue weighted by molar-refractivity contribution is 5.95. The molecule has 3 heterocycles. The molecule has 10 aliphatic rings. The molecule has 12 nitrogen and oxygen atoms in total. The van der Waals surface area contributed by atoms with Crippen LogP contribution in [0.1, 0.15) is 104 Å². The molecule has 4 bridgehead atoms. The lowest BCUT2D eigenvalue weighted by atomic mass is 9.44. The second-order valence-electron chi connectivity index (χ2n) is 22.0. The number of fused-ring (bicyclic) bond motifs is 1. The molecule has 0 aromatic heterocycles. The minimum absolute atomic E-state index is 0.0160. The van der Waals surface area contributed by atoms with Crippen LogP contribution in [0.15, 0.2) is 60.7 Å². The van der Waals surface area contributed by atoms with E-state index >= 15 is 0 Å². The summed E-state index contributed by atoms with van der Waals surface area (Å²) in [6, 6.07) is 19.0. The largest absolute Gasteiger partial charge is 0.477 e. The summed E-state index contributed by atoms with van der Waals surface area (Å²) in [7, 11) is 0. The second kappa shape index (κ2) is 14.2. The number of nitrogens with one attached hydrogen (secondary N) is 1. The van der Waals surface area contributed by atoms with Crippen LogP contribution >= 0.6 is 0 Å². The first kappa shape index (κ1) is 40.9. The highest BCUT2D eigenvalue weighted by atomic mass is 16.6. The Morgan fingerprint density at radius 2 is 1.27 bits per heavy atom. The predicted molar refractivity (Wildman–Crippen MR) is 243 cm³/mol. The Morgan fingerprint density at radius 3 is 1.88 bits per heavy atom. The number of ketones is 2. The van der Waals surface area contributed by atoms with E-state index in [0.29, 0.717) is 73.0 Å². The first-order valence-corrected chi connectivity index (χ1v) is 25.0. The normalized spacial score (nSPS) is 34.8. The zero-order valence-corrected chi connectivity index (χ0v) is 37.7. The number of rotatable bonds is 11. The lowest BCUT2D eigenvalue weighted by Gasteiger charge is -2.62. The number of carbonyl (C=O) groups excluding carboxylic acids is 4. The molecule has 0 radical (unpaired) electrons. The standard InChI is InChI=1S/C55H56N2O10/c58-38-16-19-54(62)36-23-34-11-13-40(48-46(34)52(54,50(38)66-48)18-15-37(36)56-27-29-7-8-29)64-43(60)25-32-5-1-3-31-4-2-6-33(45(31)32)26-44(61)65-41-14-12-35-24-42-55(63)20-17-39(59)51-53(55,47(35)49(41)67-51)21-22-57(42)28-30-9-10-30/h1-6,11-14,29-30,36-37,42,50-51,56,62-63H,7-10,15-28H2/t36-,37?,42+,50-,51-,52-,53-,54+,55+/m0/s1. The Kier molecular flexibility index (Phi) is 8.67. The SMILES string of the molecule is O=C(Cc1cccc2cccc(CC(=O)Oc3ccc4c5c3O[C@H]3C(=O)CC[C@@]6(O)[C@@H](C4)N(CC4CC4)CC[C@]536)c12)Oc1ccc2c3c1O[C@H]1C(=O)CC[C@@]4(O)[C@@H](C2)C(NCC2CC2)CC[C@]314. The molecule has 1 unspecified atom stereocenters. The zero-order chi connectivity index (χ0) is 45.2. The maximum atomic E-state index is 14.1. The summed E-state index contributed by atoms with van der Waals surface area (Å²) in [5, 5.41) is 30.9. The van der Waals surface area contributed by atoms with Crippen molar-refractivity contribution in [1.29, 1.82) is 0 Å². The molecule has 2 spiro atoms. The molecule has 7 aliphatic carbocycles. The van der Waals surface area contributed by atoms with Crippen molar-refractivity contribution in [2.75, 3.05) is 19.6 Å². The molecule has 67 heavy (non-hydrogen) atoms. The summed E-state index contributed by atoms with van der Waals surface area (Å²) in [6.07, 6.45) is 7.75. The van der Waals surface area contributed by atoms with Crippen LogP contribution < -0.4 is 24.3 Å². The fourth-order valence-electron chi connectivity index (χ4n) is 15.4. The molecule has 5 saturated carbocycles. The summed E-state index contributed by atoms with van der Waals surface area (Å²) in [4.78, 5) is 58.0. The number of carbonyl (C=O) groups is 4. The first-order chi connectivity index (χ1) is 32.5. The Bertz CT molecular complexity index is 2870. The van der Waals surface area contributed by atoms with Crippen LogP contribution in [0.25, 0.3) is 10.8 Å². The molecule has 14 rings (SSSR count). The lowest BCUT2D eigenvalue weighted by Crippen LogP contribution is -2.76. The molecule has 3 aliphatic heterocycles. The third kappa shape index (κ3) is 5.61. The van der Waals surface area contributed by atoms with E-state index in [1.54, 1.807) is 12.1 Å². The van der Waals surface area contributed by atoms with Crippen molar-refractivity contribution in [3.63, 3.8) is 0 Å². The number of hydrogen-bond acceptors (Lipinski definition) is 12. The van der Waals surface area contributed by atoms with Gasteiger partial charge in [-0.3, -0.25) is 24.1 Å². The minimum atomic E-state index is -1.12. The molecule has 9 atom stereocenters. The van der Waals surface area contributed by atoms with E-state index in [4.69, 9.17) is 18.9 Å². The third-order valence-corrected chi connectivity index (χ3v) is 18.6. The van der Waals surface area contributed by atoms with Crippen LogP contribution in [-0.4, -0.2) is 93.7 Å². The number of hydrogen-bond donors (Lipinski definition) is 3. The van der Waals surface area contributed by atoms with Crippen LogP contribution in [0.3, 0.4) is 0 Å². The van der Waals surface area contributed by atoms with Gasteiger partial charge in [0.15, 0.2) is 46.8 Å². The number of piperidine rings is 1. The third-order valence-electron chi connectivity index (χ3n) is 18.6. The van der Waals surface area contributed by atoms with Crippen molar-refractivity contribution in [3.8, 4) is 23.0 Å². The molecule has 3 N–H and O–H groups in total. The van der Waals surface area contributed by atoms with Crippen molar-refractivity contribution < 1.29 is 48.3 Å². The molecule has 12 heteroatoms. The first-order valence-electron chi connectivity index (χ1n) is 25.0. The number of Topliss-reactive ketones (excluding diaryl/α,β-unsaturated/α-hetero) is 2. The van der Waals surface area contributed by atoms with Crippen molar-refractivity contribution in [2.45, 2.75) is 143 Å². The predicted octanol–water partition coefficient (Wildman–Crippen LogP) is 5.70. The van der Waals surface area contributed by atoms with Gasteiger partial charge in [0, 0.05) is 48.5 Å². The molecule has 1 saturated heterocycles. The average Bonchev–Trinajstić information content (AvgIpc) is 4.24. The van der Waals surface area contributed by atoms with E-state index < -0.39 is 46.2 Å². The summed E-state index contributed by atoms with van der Waals surface area (Å²) in [5.41, 5.74) is 1.12. The smallest absolute Gasteiger partial charge is 0.315 e. The van der Waals surface area contributed by atoms with Gasteiger partial charge in [-0.15, -0.1) is 0 Å². The van der Waals surface area contributed by atoms with Gasteiger partial charge in [-0.1, -0.05) is 48.5 Å². The quantitative estimate of drug-likeness (QED) is 0.125. The number of likely N-dealkylation sites (tertiary alicyclic amines) is 1. The summed E-state index contributed by atoms with van der Waals surface area (Å²) in [6.45, 7) is 2.71. The van der Waals surface area contributed by atoms with E-state index in [1.165, 1.54) is 25.7 Å². The summed E-state index contributed by atoms with van der Waals surface area (Å²) in [5.74, 6) is 1.55. The van der Waals surface area contributed by atoms with Gasteiger partial charge in [-0.05, 0) is 141 Å². The van der Waals surface area contributed by atoms with Gasteiger partial charge >= 0.3 is 11.9 Å². The number of ether oxygens (including phenoxy) is 4. The van der Waals surface area contributed by atoms with Crippen LogP contribution in [-0.2, 0) is 55.7 Å². The van der Waals surface area contributed by atoms with Gasteiger partial charge in [-0.25, -0.2) is 0 Å². The second-order valence-corrected chi connectivity index (χ2v) is 22.0. The van der Waals surface area contributed by atoms with Crippen molar-refractivity contribution in [1.82, 2.24) is 10.2 Å². The number of nitrogens with zero attached hydrogens (tertiary/aromatic N) is 1. The molecule has 6 fully saturated rings. The topological polar surface area (TPSA) is 161 Å². The maximum Gasteiger partial charge on any atom is 0.315 e. The van der Waals surface area contributed by atoms with Gasteiger partial charge < -0.3 is 34.5 Å². The van der Waals surface area contributed by atoms with E-state index in [0.717, 1.165) is 59.1 Å². The number of aliphatic hydroxyl groups is 2. The van der Waals surface area contributed by atoms with E-state index in [9.17, 15) is 29.4 Å². The molecule has 0 amide bonds. The Hall–Kier alpha value is -5.14. The zero-order valence-electron chi connectivity index (χ0n) is 37.7. The molecule has 4 aromatic rings. The van der Waals surface area contributed by atoms with Crippen molar-refractivity contribution in [2.24, 2.45) is 17.8 Å². The maximum absolute atomic E-state index is 14.1. The molecular weight excluding hydrogens is 849 g/mol. The highest BCUT2D eigenvalue weighted by Crippen LogP contribution is 2.68. The van der Waals surface area contributed by atoms with Gasteiger partial charge in [0.05, 0.1) is 34.9 Å². The molecule has 346 valence electrons. The number of esters is 2. The lowest BCUT2D eigenvalue weighted by molar-refractivity contribution is -0.188. The van der Waals surface area contributed by atoms with Gasteiger partial charge in [0.25, 0.3) is 0 Å². The fourth-order valence-corrected chi connectivity index (χ4v) is 15.4. The monoisotopic (exact) mass is 904 g/mol. The van der Waals surface area contributed by atoms with E-state index in [2.05, 4.69) is 10.2 Å². The molecule has 4 aromatic carbocycles. The summed E-state index contributed by atoms with van der Waals surface area (Å²) < 4.78 is 25.5. The number of benzene rings is 4. The van der Waals surface area contributed by atoms with Crippen LogP contribution in [0.5, 0.6) is 23.0 Å². The Morgan fingerprint density at radius 1 is 0.687 bits per heavy atom. The van der Waals surface area contributed by atoms with Gasteiger partial charge in [0.2, 0.25) is 0 Å². The molecular formula is C55H56N2O10. The van der Waals surface area contributed by atoms with Gasteiger partial charge in [-0.2, -0.15) is 0 Å². The van der Waals surface area contributed by atoms with Gasteiger partial charge in [0.1, 0.15) is 0 Å². The van der Waals surface area contributed by atoms with E-state index in [-0.39, 0.29) is 66.8 Å². The van der Waals surface area contributed by atoms with Crippen molar-refractivity contribution in [3.05, 3.63) is 94.0 Å². The van der Waals surface area contributed by atoms with Crippen LogP contribution in [0, 0.1) is 17.8 Å².